The summed E-state index contributed by atoms with van der Waals surface area (Å²) in [7, 11) is 0. The Balaban J connectivity index is 1.50. The van der Waals surface area contributed by atoms with E-state index in [2.05, 4.69) is 0 Å². The zero-order valence-corrected chi connectivity index (χ0v) is 14.1. The fraction of sp³-hybridized carbons (Fsp3) is 0.105. The van der Waals surface area contributed by atoms with Crippen molar-refractivity contribution in [2.45, 2.75) is 6.92 Å². The molecule has 2 aliphatic heterocycles. The fourth-order valence-electron chi connectivity index (χ4n) is 3.06. The highest BCUT2D eigenvalue weighted by molar-refractivity contribution is 6.23. The summed E-state index contributed by atoms with van der Waals surface area (Å²) >= 11 is 0. The van der Waals surface area contributed by atoms with Crippen LogP contribution in [0.4, 0.5) is 0 Å². The largest absolute Gasteiger partial charge is 0.352 e. The third-order valence-corrected chi connectivity index (χ3v) is 4.36. The summed E-state index contributed by atoms with van der Waals surface area (Å²) in [5.74, 6) is -3.88. The van der Waals surface area contributed by atoms with Gasteiger partial charge in [-0.05, 0) is 31.2 Å². The lowest BCUT2D eigenvalue weighted by Crippen LogP contribution is -2.40. The van der Waals surface area contributed by atoms with Gasteiger partial charge in [0.15, 0.2) is 0 Å². The Kier molecular flexibility index (Phi) is 3.62. The third kappa shape index (κ3) is 2.50. The second kappa shape index (κ2) is 5.87. The van der Waals surface area contributed by atoms with Gasteiger partial charge in [-0.15, -0.1) is 0 Å². The standard InChI is InChI=1S/C19H12N2O6/c1-10-6-7-13-14(8-10)17(24)20(16(13)23)9-15(22)27-21-18(25)11-4-2-3-5-12(11)19(21)26/h2-8H,9H2,1H3. The molecule has 4 rings (SSSR count). The van der Waals surface area contributed by atoms with Crippen molar-refractivity contribution < 1.29 is 28.8 Å². The van der Waals surface area contributed by atoms with Gasteiger partial charge < -0.3 is 4.84 Å². The average Bonchev–Trinajstić information content (AvgIpc) is 3.03. The molecular weight excluding hydrogens is 352 g/mol. The SMILES string of the molecule is Cc1ccc2c(c1)C(=O)N(CC(=O)ON1C(=O)c3ccccc3C1=O)C2=O. The first-order valence-electron chi connectivity index (χ1n) is 8.04. The minimum atomic E-state index is -1.07. The second-order valence-corrected chi connectivity index (χ2v) is 6.16. The average molecular weight is 364 g/mol. The van der Waals surface area contributed by atoms with E-state index >= 15 is 0 Å². The molecule has 0 N–H and O–H groups in total. The molecule has 0 atom stereocenters. The molecule has 0 bridgehead atoms. The number of hydrogen-bond acceptors (Lipinski definition) is 6. The van der Waals surface area contributed by atoms with Crippen LogP contribution in [-0.4, -0.2) is 46.1 Å². The quantitative estimate of drug-likeness (QED) is 0.762. The highest BCUT2D eigenvalue weighted by atomic mass is 16.7. The van der Waals surface area contributed by atoms with Crippen molar-refractivity contribution in [1.29, 1.82) is 0 Å². The van der Waals surface area contributed by atoms with E-state index in [1.165, 1.54) is 18.2 Å². The summed E-state index contributed by atoms with van der Waals surface area (Å²) in [4.78, 5) is 66.9. The molecule has 27 heavy (non-hydrogen) atoms. The van der Waals surface area contributed by atoms with E-state index in [-0.39, 0.29) is 22.3 Å². The highest BCUT2D eigenvalue weighted by Crippen LogP contribution is 2.25. The number of carbonyl (C=O) groups excluding carboxylic acids is 5. The second-order valence-electron chi connectivity index (χ2n) is 6.16. The molecule has 2 aromatic rings. The molecule has 2 heterocycles. The topological polar surface area (TPSA) is 101 Å². The van der Waals surface area contributed by atoms with Gasteiger partial charge in [-0.1, -0.05) is 28.8 Å². The molecular formula is C19H12N2O6. The lowest BCUT2D eigenvalue weighted by atomic mass is 10.1. The van der Waals surface area contributed by atoms with Gasteiger partial charge >= 0.3 is 5.97 Å². The van der Waals surface area contributed by atoms with Gasteiger partial charge in [0.05, 0.1) is 22.3 Å². The van der Waals surface area contributed by atoms with Crippen LogP contribution < -0.4 is 0 Å². The van der Waals surface area contributed by atoms with E-state index in [1.807, 2.05) is 0 Å². The Labute approximate surface area is 152 Å². The molecule has 0 spiro atoms. The molecule has 8 nitrogen and oxygen atoms in total. The summed E-state index contributed by atoms with van der Waals surface area (Å²) in [5.41, 5.74) is 1.43. The van der Waals surface area contributed by atoms with Crippen molar-refractivity contribution in [3.8, 4) is 0 Å². The maximum Gasteiger partial charge on any atom is 0.352 e. The molecule has 4 amide bonds. The molecule has 2 aliphatic rings. The zero-order chi connectivity index (χ0) is 19.3. The maximum atomic E-state index is 12.4. The van der Waals surface area contributed by atoms with Crippen molar-refractivity contribution in [2.75, 3.05) is 6.54 Å². The summed E-state index contributed by atoms with van der Waals surface area (Å²) in [6, 6.07) is 10.8. The van der Waals surface area contributed by atoms with Crippen LogP contribution in [-0.2, 0) is 9.63 Å². The highest BCUT2D eigenvalue weighted by Gasteiger charge is 2.41. The first-order valence-corrected chi connectivity index (χ1v) is 8.04. The van der Waals surface area contributed by atoms with E-state index in [9.17, 15) is 24.0 Å². The van der Waals surface area contributed by atoms with Gasteiger partial charge in [-0.3, -0.25) is 24.1 Å². The van der Waals surface area contributed by atoms with Crippen LogP contribution in [0.25, 0.3) is 0 Å². The first kappa shape index (κ1) is 16.6. The molecule has 0 fully saturated rings. The van der Waals surface area contributed by atoms with E-state index in [4.69, 9.17) is 4.84 Å². The van der Waals surface area contributed by atoms with Crippen LogP contribution >= 0.6 is 0 Å². The first-order chi connectivity index (χ1) is 12.9. The van der Waals surface area contributed by atoms with Crippen LogP contribution in [0.15, 0.2) is 42.5 Å². The van der Waals surface area contributed by atoms with Gasteiger partial charge in [0.25, 0.3) is 23.6 Å². The fourth-order valence-corrected chi connectivity index (χ4v) is 3.06. The number of amides is 4. The van der Waals surface area contributed by atoms with E-state index < -0.39 is 36.1 Å². The molecule has 0 aliphatic carbocycles. The number of aryl methyl sites for hydroxylation is 1. The molecule has 0 saturated heterocycles. The predicted octanol–water partition coefficient (Wildman–Crippen LogP) is 1.35. The lowest BCUT2D eigenvalue weighted by molar-refractivity contribution is -0.168. The lowest BCUT2D eigenvalue weighted by Gasteiger charge is -2.16. The van der Waals surface area contributed by atoms with Crippen LogP contribution in [0, 0.1) is 6.92 Å². The van der Waals surface area contributed by atoms with Gasteiger partial charge in [-0.2, -0.15) is 0 Å². The Hall–Kier alpha value is -3.81. The smallest absolute Gasteiger partial charge is 0.328 e. The Bertz CT molecular complexity index is 1020. The normalized spacial score (nSPS) is 15.3. The minimum absolute atomic E-state index is 0.117. The minimum Gasteiger partial charge on any atom is -0.328 e. The number of carbonyl (C=O) groups is 5. The summed E-state index contributed by atoms with van der Waals surface area (Å²) in [6.45, 7) is 1.07. The molecule has 0 aromatic heterocycles. The molecule has 0 unspecified atom stereocenters. The summed E-state index contributed by atoms with van der Waals surface area (Å²) in [5, 5.41) is 0.343. The number of hydrogen-bond donors (Lipinski definition) is 0. The van der Waals surface area contributed by atoms with Crippen molar-refractivity contribution in [3.05, 3.63) is 70.3 Å². The third-order valence-electron chi connectivity index (χ3n) is 4.36. The Morgan fingerprint density at radius 1 is 0.815 bits per heavy atom. The molecule has 134 valence electrons. The molecule has 0 saturated carbocycles. The van der Waals surface area contributed by atoms with Crippen LogP contribution in [0.5, 0.6) is 0 Å². The molecule has 2 aromatic carbocycles. The van der Waals surface area contributed by atoms with Crippen molar-refractivity contribution in [2.24, 2.45) is 0 Å². The number of imide groups is 2. The van der Waals surface area contributed by atoms with Crippen LogP contribution in [0.3, 0.4) is 0 Å². The van der Waals surface area contributed by atoms with Crippen molar-refractivity contribution in [1.82, 2.24) is 9.96 Å². The van der Waals surface area contributed by atoms with Crippen molar-refractivity contribution >= 4 is 29.6 Å². The van der Waals surface area contributed by atoms with E-state index in [1.54, 1.807) is 31.2 Å². The molecule has 8 heteroatoms. The Morgan fingerprint density at radius 2 is 1.37 bits per heavy atom. The number of hydroxylamine groups is 2. The van der Waals surface area contributed by atoms with Gasteiger partial charge in [0, 0.05) is 0 Å². The molecule has 0 radical (unpaired) electrons. The maximum absolute atomic E-state index is 12.4. The number of rotatable bonds is 3. The predicted molar refractivity (Wildman–Crippen MR) is 89.6 cm³/mol. The van der Waals surface area contributed by atoms with Crippen LogP contribution in [0.2, 0.25) is 0 Å². The van der Waals surface area contributed by atoms with Gasteiger partial charge in [0.2, 0.25) is 0 Å². The monoisotopic (exact) mass is 364 g/mol. The van der Waals surface area contributed by atoms with Gasteiger partial charge in [0.1, 0.15) is 6.54 Å². The Morgan fingerprint density at radius 3 is 2.00 bits per heavy atom. The number of fused-ring (bicyclic) bond motifs is 2. The number of nitrogens with zero attached hydrogens (tertiary/aromatic N) is 2. The van der Waals surface area contributed by atoms with Gasteiger partial charge in [-0.25, -0.2) is 4.79 Å². The van der Waals surface area contributed by atoms with E-state index in [0.717, 1.165) is 10.5 Å². The van der Waals surface area contributed by atoms with E-state index in [0.29, 0.717) is 5.06 Å². The zero-order valence-electron chi connectivity index (χ0n) is 14.1. The summed E-state index contributed by atoms with van der Waals surface area (Å²) < 4.78 is 0. The van der Waals surface area contributed by atoms with Crippen molar-refractivity contribution in [3.63, 3.8) is 0 Å². The summed E-state index contributed by atoms with van der Waals surface area (Å²) in [6.07, 6.45) is 0. The number of benzene rings is 2. The van der Waals surface area contributed by atoms with Crippen LogP contribution in [0.1, 0.15) is 47.0 Å².